The summed E-state index contributed by atoms with van der Waals surface area (Å²) in [6.07, 6.45) is 3.66. The number of esters is 1. The Morgan fingerprint density at radius 2 is 2.48 bits per heavy atom. The molecule has 7 heteroatoms. The summed E-state index contributed by atoms with van der Waals surface area (Å²) >= 11 is 0. The molecule has 1 fully saturated rings. The molecule has 1 saturated heterocycles. The zero-order chi connectivity index (χ0) is 15.1. The van der Waals surface area contributed by atoms with Gasteiger partial charge in [-0.05, 0) is 26.3 Å². The molecule has 0 radical (unpaired) electrons. The molecule has 0 aliphatic carbocycles. The van der Waals surface area contributed by atoms with E-state index in [9.17, 15) is 4.79 Å². The van der Waals surface area contributed by atoms with Gasteiger partial charge >= 0.3 is 5.97 Å². The van der Waals surface area contributed by atoms with E-state index < -0.39 is 5.97 Å². The molecule has 0 aromatic carbocycles. The quantitative estimate of drug-likeness (QED) is 0.719. The first kappa shape index (κ1) is 15.8. The van der Waals surface area contributed by atoms with Crippen LogP contribution in [0.3, 0.4) is 0 Å². The predicted molar refractivity (Wildman–Crippen MR) is 77.6 cm³/mol. The maximum atomic E-state index is 11.6. The van der Waals surface area contributed by atoms with Gasteiger partial charge in [0.2, 0.25) is 0 Å². The highest BCUT2D eigenvalue weighted by Crippen LogP contribution is 2.17. The van der Waals surface area contributed by atoms with Gasteiger partial charge < -0.3 is 24.1 Å². The number of methoxy groups -OCH3 is 1. The van der Waals surface area contributed by atoms with Crippen molar-refractivity contribution in [3.8, 4) is 0 Å². The molecule has 1 aliphatic heterocycles. The fraction of sp³-hybridized carbons (Fsp3) is 0.714. The Hall–Kier alpha value is -1.60. The Labute approximate surface area is 124 Å². The number of aromatic nitrogens is 1. The Kier molecular flexibility index (Phi) is 6.01. The van der Waals surface area contributed by atoms with Crippen molar-refractivity contribution in [3.05, 3.63) is 12.0 Å². The van der Waals surface area contributed by atoms with Crippen molar-refractivity contribution >= 4 is 12.0 Å². The summed E-state index contributed by atoms with van der Waals surface area (Å²) in [5, 5.41) is 3.44. The van der Waals surface area contributed by atoms with E-state index in [0.717, 1.165) is 19.5 Å². The standard InChI is InChI=1S/C14H23N3O4/c1-3-20-13(18)12-10-21-14(16-12)17(7-8-19-2)9-11-5-4-6-15-11/h10-11,15H,3-9H2,1-2H3. The van der Waals surface area contributed by atoms with E-state index in [2.05, 4.69) is 10.3 Å². The lowest BCUT2D eigenvalue weighted by molar-refractivity contribution is 0.0519. The molecule has 1 aromatic heterocycles. The summed E-state index contributed by atoms with van der Waals surface area (Å²) in [5.41, 5.74) is 0.202. The largest absolute Gasteiger partial charge is 0.461 e. The van der Waals surface area contributed by atoms with Crippen molar-refractivity contribution in [1.82, 2.24) is 10.3 Å². The van der Waals surface area contributed by atoms with E-state index in [-0.39, 0.29) is 5.69 Å². The Morgan fingerprint density at radius 3 is 3.14 bits per heavy atom. The minimum atomic E-state index is -0.460. The molecule has 2 heterocycles. The van der Waals surface area contributed by atoms with Gasteiger partial charge in [0.1, 0.15) is 6.26 Å². The molecule has 0 spiro atoms. The Bertz CT molecular complexity index is 443. The summed E-state index contributed by atoms with van der Waals surface area (Å²) in [6.45, 7) is 5.14. The molecule has 7 nitrogen and oxygen atoms in total. The second-order valence-corrected chi connectivity index (χ2v) is 4.97. The van der Waals surface area contributed by atoms with Crippen molar-refractivity contribution in [3.63, 3.8) is 0 Å². The average molecular weight is 297 g/mol. The fourth-order valence-electron chi connectivity index (χ4n) is 2.35. The van der Waals surface area contributed by atoms with Crippen LogP contribution >= 0.6 is 0 Å². The summed E-state index contributed by atoms with van der Waals surface area (Å²) in [6, 6.07) is 0.851. The van der Waals surface area contributed by atoms with Gasteiger partial charge in [0.05, 0.1) is 13.2 Å². The number of oxazole rings is 1. The van der Waals surface area contributed by atoms with E-state index in [1.54, 1.807) is 14.0 Å². The molecule has 1 N–H and O–H groups in total. The second kappa shape index (κ2) is 7.99. The third kappa shape index (κ3) is 4.44. The molecule has 21 heavy (non-hydrogen) atoms. The van der Waals surface area contributed by atoms with Gasteiger partial charge in [-0.25, -0.2) is 4.79 Å². The van der Waals surface area contributed by atoms with Crippen LogP contribution in [0.1, 0.15) is 30.3 Å². The molecular weight excluding hydrogens is 274 g/mol. The Balaban J connectivity index is 2.02. The van der Waals surface area contributed by atoms with Crippen LogP contribution < -0.4 is 10.2 Å². The topological polar surface area (TPSA) is 76.8 Å². The molecule has 2 rings (SSSR count). The molecule has 0 saturated carbocycles. The van der Waals surface area contributed by atoms with Crippen molar-refractivity contribution in [2.24, 2.45) is 0 Å². The lowest BCUT2D eigenvalue weighted by Gasteiger charge is -2.23. The number of hydrogen-bond donors (Lipinski definition) is 1. The normalized spacial score (nSPS) is 17.9. The molecule has 1 aromatic rings. The zero-order valence-electron chi connectivity index (χ0n) is 12.6. The number of anilines is 1. The molecule has 0 bridgehead atoms. The number of ether oxygens (including phenoxy) is 2. The van der Waals surface area contributed by atoms with E-state index in [1.165, 1.54) is 12.7 Å². The van der Waals surface area contributed by atoms with Gasteiger partial charge in [0, 0.05) is 26.2 Å². The van der Waals surface area contributed by atoms with Crippen molar-refractivity contribution in [2.75, 3.05) is 44.9 Å². The smallest absolute Gasteiger partial charge is 0.360 e. The first-order valence-corrected chi connectivity index (χ1v) is 7.34. The van der Waals surface area contributed by atoms with Crippen molar-refractivity contribution < 1.29 is 18.7 Å². The summed E-state index contributed by atoms with van der Waals surface area (Å²) in [5.74, 6) is -0.460. The maximum absolute atomic E-state index is 11.6. The third-order valence-corrected chi connectivity index (χ3v) is 3.42. The highest BCUT2D eigenvalue weighted by atomic mass is 16.5. The van der Waals surface area contributed by atoms with Crippen LogP contribution in [0.15, 0.2) is 10.7 Å². The van der Waals surface area contributed by atoms with Crippen LogP contribution in [0.4, 0.5) is 6.01 Å². The van der Waals surface area contributed by atoms with Gasteiger partial charge in [-0.15, -0.1) is 0 Å². The average Bonchev–Trinajstić information content (AvgIpc) is 3.14. The van der Waals surface area contributed by atoms with E-state index in [4.69, 9.17) is 13.9 Å². The monoisotopic (exact) mass is 297 g/mol. The first-order chi connectivity index (χ1) is 10.2. The van der Waals surface area contributed by atoms with Gasteiger partial charge in [0.15, 0.2) is 5.69 Å². The molecule has 1 unspecified atom stereocenters. The van der Waals surface area contributed by atoms with Gasteiger partial charge in [0.25, 0.3) is 6.01 Å². The summed E-state index contributed by atoms with van der Waals surface area (Å²) < 4.78 is 15.5. The van der Waals surface area contributed by atoms with E-state index in [1.807, 2.05) is 4.90 Å². The molecule has 1 aliphatic rings. The molecule has 1 atom stereocenters. The van der Waals surface area contributed by atoms with Crippen LogP contribution in [0.5, 0.6) is 0 Å². The van der Waals surface area contributed by atoms with Crippen LogP contribution in [-0.2, 0) is 9.47 Å². The summed E-state index contributed by atoms with van der Waals surface area (Å²) in [7, 11) is 1.66. The van der Waals surface area contributed by atoms with E-state index >= 15 is 0 Å². The molecular formula is C14H23N3O4. The van der Waals surface area contributed by atoms with Crippen LogP contribution in [-0.4, -0.2) is 57.0 Å². The summed E-state index contributed by atoms with van der Waals surface area (Å²) in [4.78, 5) is 17.9. The zero-order valence-corrected chi connectivity index (χ0v) is 12.6. The van der Waals surface area contributed by atoms with Gasteiger partial charge in [-0.3, -0.25) is 0 Å². The van der Waals surface area contributed by atoms with E-state index in [0.29, 0.717) is 31.8 Å². The molecule has 118 valence electrons. The van der Waals surface area contributed by atoms with Crippen molar-refractivity contribution in [2.45, 2.75) is 25.8 Å². The minimum absolute atomic E-state index is 0.202. The number of carbonyl (C=O) groups excluding carboxylic acids is 1. The minimum Gasteiger partial charge on any atom is -0.461 e. The van der Waals surface area contributed by atoms with Gasteiger partial charge in [-0.2, -0.15) is 4.98 Å². The lowest BCUT2D eigenvalue weighted by atomic mass is 10.2. The third-order valence-electron chi connectivity index (χ3n) is 3.42. The highest BCUT2D eigenvalue weighted by molar-refractivity contribution is 5.87. The number of carbonyl (C=O) groups is 1. The predicted octanol–water partition coefficient (Wildman–Crippen LogP) is 1.06. The maximum Gasteiger partial charge on any atom is 0.360 e. The van der Waals surface area contributed by atoms with Crippen LogP contribution in [0.25, 0.3) is 0 Å². The van der Waals surface area contributed by atoms with Crippen molar-refractivity contribution in [1.29, 1.82) is 0 Å². The fourth-order valence-corrected chi connectivity index (χ4v) is 2.35. The number of nitrogens with one attached hydrogen (secondary N) is 1. The number of nitrogens with zero attached hydrogens (tertiary/aromatic N) is 2. The number of rotatable bonds is 8. The second-order valence-electron chi connectivity index (χ2n) is 4.97. The van der Waals surface area contributed by atoms with Crippen LogP contribution in [0.2, 0.25) is 0 Å². The molecule has 0 amide bonds. The van der Waals surface area contributed by atoms with Crippen LogP contribution in [0, 0.1) is 0 Å². The highest BCUT2D eigenvalue weighted by Gasteiger charge is 2.22. The SMILES string of the molecule is CCOC(=O)c1coc(N(CCOC)CC2CCCN2)n1. The Morgan fingerprint density at radius 1 is 1.62 bits per heavy atom. The number of hydrogen-bond acceptors (Lipinski definition) is 7. The first-order valence-electron chi connectivity index (χ1n) is 7.34. The van der Waals surface area contributed by atoms with Gasteiger partial charge in [-0.1, -0.05) is 0 Å². The lowest BCUT2D eigenvalue weighted by Crippen LogP contribution is -2.39.